The van der Waals surface area contributed by atoms with Crippen LogP contribution in [0.15, 0.2) is 24.3 Å². The van der Waals surface area contributed by atoms with Crippen LogP contribution in [0.1, 0.15) is 18.4 Å². The van der Waals surface area contributed by atoms with E-state index >= 15 is 0 Å². The summed E-state index contributed by atoms with van der Waals surface area (Å²) in [5, 5.41) is 0. The van der Waals surface area contributed by atoms with Gasteiger partial charge < -0.3 is 15.4 Å². The number of hydrogen-bond donors (Lipinski definition) is 1. The van der Waals surface area contributed by atoms with Gasteiger partial charge in [0.1, 0.15) is 0 Å². The number of likely N-dealkylation sites (tertiary alicyclic amines) is 1. The molecule has 0 spiro atoms. The van der Waals surface area contributed by atoms with Crippen LogP contribution in [-0.2, 0) is 16.1 Å². The number of anilines is 1. The number of carbonyl (C=O) groups excluding carboxylic acids is 1. The van der Waals surface area contributed by atoms with Gasteiger partial charge >= 0.3 is 0 Å². The van der Waals surface area contributed by atoms with Gasteiger partial charge in [0.2, 0.25) is 5.91 Å². The molecule has 0 atom stereocenters. The molecule has 0 unspecified atom stereocenters. The van der Waals surface area contributed by atoms with Crippen molar-refractivity contribution in [2.45, 2.75) is 19.4 Å². The van der Waals surface area contributed by atoms with Gasteiger partial charge in [-0.25, -0.2) is 0 Å². The first-order valence-electron chi connectivity index (χ1n) is 8.15. The number of ether oxygens (including phenoxy) is 1. The van der Waals surface area contributed by atoms with Crippen molar-refractivity contribution in [2.75, 3.05) is 45.1 Å². The second kappa shape index (κ2) is 7.11. The van der Waals surface area contributed by atoms with Crippen LogP contribution in [0.25, 0.3) is 0 Å². The van der Waals surface area contributed by atoms with E-state index < -0.39 is 0 Å². The third-order valence-electron chi connectivity index (χ3n) is 4.62. The quantitative estimate of drug-likeness (QED) is 0.856. The second-order valence-corrected chi connectivity index (χ2v) is 6.23. The van der Waals surface area contributed by atoms with Gasteiger partial charge in [-0.1, -0.05) is 12.1 Å². The van der Waals surface area contributed by atoms with Crippen LogP contribution in [0, 0.1) is 5.92 Å². The average Bonchev–Trinajstić information content (AvgIpc) is 2.56. The lowest BCUT2D eigenvalue weighted by atomic mass is 9.94. The van der Waals surface area contributed by atoms with Crippen LogP contribution < -0.4 is 5.73 Å². The highest BCUT2D eigenvalue weighted by atomic mass is 16.5. The number of nitrogen functional groups attached to an aromatic ring is 1. The Morgan fingerprint density at radius 1 is 1.18 bits per heavy atom. The molecular weight excluding hydrogens is 278 g/mol. The Labute approximate surface area is 132 Å². The number of carbonyl (C=O) groups is 1. The fourth-order valence-corrected chi connectivity index (χ4v) is 3.33. The summed E-state index contributed by atoms with van der Waals surface area (Å²) in [5.41, 5.74) is 7.89. The zero-order chi connectivity index (χ0) is 15.4. The fourth-order valence-electron chi connectivity index (χ4n) is 3.33. The van der Waals surface area contributed by atoms with Gasteiger partial charge in [-0.05, 0) is 43.6 Å². The van der Waals surface area contributed by atoms with Crippen LogP contribution in [0.2, 0.25) is 0 Å². The first kappa shape index (κ1) is 15.3. The molecule has 5 nitrogen and oxygen atoms in total. The van der Waals surface area contributed by atoms with Gasteiger partial charge in [0.15, 0.2) is 0 Å². The number of piperidine rings is 1. The van der Waals surface area contributed by atoms with E-state index in [4.69, 9.17) is 10.5 Å². The summed E-state index contributed by atoms with van der Waals surface area (Å²) in [6.07, 6.45) is 1.91. The minimum atomic E-state index is 0.190. The van der Waals surface area contributed by atoms with Crippen LogP contribution in [0.5, 0.6) is 0 Å². The minimum Gasteiger partial charge on any atom is -0.399 e. The Balaban J connectivity index is 1.48. The number of hydrogen-bond acceptors (Lipinski definition) is 4. The summed E-state index contributed by atoms with van der Waals surface area (Å²) in [4.78, 5) is 16.9. The van der Waals surface area contributed by atoms with Crippen molar-refractivity contribution in [1.82, 2.24) is 9.80 Å². The smallest absolute Gasteiger partial charge is 0.225 e. The Kier molecular flexibility index (Phi) is 4.95. The Bertz CT molecular complexity index is 506. The largest absolute Gasteiger partial charge is 0.399 e. The van der Waals surface area contributed by atoms with Gasteiger partial charge in [-0.3, -0.25) is 9.69 Å². The van der Waals surface area contributed by atoms with Gasteiger partial charge in [0.25, 0.3) is 0 Å². The van der Waals surface area contributed by atoms with Crippen molar-refractivity contribution in [2.24, 2.45) is 5.92 Å². The van der Waals surface area contributed by atoms with Crippen molar-refractivity contribution in [3.8, 4) is 0 Å². The van der Waals surface area contributed by atoms with Crippen LogP contribution in [-0.4, -0.2) is 55.1 Å². The van der Waals surface area contributed by atoms with E-state index in [2.05, 4.69) is 11.0 Å². The zero-order valence-electron chi connectivity index (χ0n) is 13.0. The van der Waals surface area contributed by atoms with Gasteiger partial charge in [0, 0.05) is 31.2 Å². The summed E-state index contributed by atoms with van der Waals surface area (Å²) in [7, 11) is 0. The fraction of sp³-hybridized carbons (Fsp3) is 0.588. The van der Waals surface area contributed by atoms with E-state index in [9.17, 15) is 4.79 Å². The molecule has 1 amide bonds. The average molecular weight is 303 g/mol. The minimum absolute atomic E-state index is 0.190. The molecule has 0 aromatic heterocycles. The molecule has 2 N–H and O–H groups in total. The molecule has 3 rings (SSSR count). The standard InChI is InChI=1S/C17H25N3O2/c18-16-3-1-2-14(12-16)13-19-6-4-15(5-7-19)17(21)20-8-10-22-11-9-20/h1-3,12,15H,4-11,13,18H2. The van der Waals surface area contributed by atoms with Crippen molar-refractivity contribution < 1.29 is 9.53 Å². The lowest BCUT2D eigenvalue weighted by molar-refractivity contribution is -0.141. The number of amides is 1. The molecule has 120 valence electrons. The molecule has 2 aliphatic rings. The molecule has 2 fully saturated rings. The maximum Gasteiger partial charge on any atom is 0.225 e. The molecule has 0 radical (unpaired) electrons. The molecule has 1 aromatic carbocycles. The van der Waals surface area contributed by atoms with E-state index in [1.807, 2.05) is 23.1 Å². The Morgan fingerprint density at radius 3 is 2.59 bits per heavy atom. The van der Waals surface area contributed by atoms with Crippen molar-refractivity contribution in [3.63, 3.8) is 0 Å². The molecule has 2 aliphatic heterocycles. The summed E-state index contributed by atoms with van der Waals surface area (Å²) >= 11 is 0. The number of nitrogens with two attached hydrogens (primary N) is 1. The topological polar surface area (TPSA) is 58.8 Å². The third kappa shape index (κ3) is 3.78. The SMILES string of the molecule is Nc1cccc(CN2CCC(C(=O)N3CCOCC3)CC2)c1. The molecule has 0 aliphatic carbocycles. The summed E-state index contributed by atoms with van der Waals surface area (Å²) in [6, 6.07) is 8.06. The van der Waals surface area contributed by atoms with Crippen LogP contribution in [0.3, 0.4) is 0 Å². The van der Waals surface area contributed by atoms with Crippen LogP contribution >= 0.6 is 0 Å². The number of nitrogens with zero attached hydrogens (tertiary/aromatic N) is 2. The van der Waals surface area contributed by atoms with E-state index in [0.717, 1.165) is 51.3 Å². The summed E-state index contributed by atoms with van der Waals surface area (Å²) < 4.78 is 5.32. The number of rotatable bonds is 3. The molecule has 22 heavy (non-hydrogen) atoms. The Morgan fingerprint density at radius 2 is 1.91 bits per heavy atom. The maximum atomic E-state index is 12.5. The second-order valence-electron chi connectivity index (χ2n) is 6.23. The molecule has 1 aromatic rings. The van der Waals surface area contributed by atoms with Gasteiger partial charge in [0.05, 0.1) is 13.2 Å². The lowest BCUT2D eigenvalue weighted by Gasteiger charge is -2.35. The molecule has 0 bridgehead atoms. The third-order valence-corrected chi connectivity index (χ3v) is 4.62. The van der Waals surface area contributed by atoms with Crippen molar-refractivity contribution in [3.05, 3.63) is 29.8 Å². The molecule has 2 saturated heterocycles. The summed E-state index contributed by atoms with van der Waals surface area (Å²) in [5.74, 6) is 0.516. The van der Waals surface area contributed by atoms with E-state index in [0.29, 0.717) is 19.1 Å². The highest BCUT2D eigenvalue weighted by Gasteiger charge is 2.29. The normalized spacial score (nSPS) is 21.0. The zero-order valence-corrected chi connectivity index (χ0v) is 13.0. The molecule has 0 saturated carbocycles. The molecule has 2 heterocycles. The maximum absolute atomic E-state index is 12.5. The highest BCUT2D eigenvalue weighted by Crippen LogP contribution is 2.22. The van der Waals surface area contributed by atoms with Crippen LogP contribution in [0.4, 0.5) is 5.69 Å². The monoisotopic (exact) mass is 303 g/mol. The van der Waals surface area contributed by atoms with Gasteiger partial charge in [-0.15, -0.1) is 0 Å². The predicted molar refractivity (Wildman–Crippen MR) is 86.3 cm³/mol. The van der Waals surface area contributed by atoms with E-state index in [1.165, 1.54) is 5.56 Å². The first-order chi connectivity index (χ1) is 10.7. The Hall–Kier alpha value is -1.59. The molecular formula is C17H25N3O2. The first-order valence-corrected chi connectivity index (χ1v) is 8.15. The lowest BCUT2D eigenvalue weighted by Crippen LogP contribution is -2.46. The van der Waals surface area contributed by atoms with E-state index in [1.54, 1.807) is 0 Å². The van der Waals surface area contributed by atoms with Crippen molar-refractivity contribution >= 4 is 11.6 Å². The van der Waals surface area contributed by atoms with Gasteiger partial charge in [-0.2, -0.15) is 0 Å². The molecule has 5 heteroatoms. The predicted octanol–water partition coefficient (Wildman–Crippen LogP) is 1.34. The highest BCUT2D eigenvalue weighted by molar-refractivity contribution is 5.79. The van der Waals surface area contributed by atoms with Crippen molar-refractivity contribution in [1.29, 1.82) is 0 Å². The number of benzene rings is 1. The van der Waals surface area contributed by atoms with E-state index in [-0.39, 0.29) is 5.92 Å². The summed E-state index contributed by atoms with van der Waals surface area (Å²) in [6.45, 7) is 5.75. The number of morpholine rings is 1.